The number of carbonyl (C=O) groups excluding carboxylic acids is 5. The molecule has 0 spiro atoms. The Labute approximate surface area is 241 Å². The predicted molar refractivity (Wildman–Crippen MR) is 146 cm³/mol. The quantitative estimate of drug-likeness (QED) is 0.406. The number of likely N-dealkylation sites (N-methyl/N-ethyl adjacent to an activating group) is 1. The van der Waals surface area contributed by atoms with Gasteiger partial charge in [-0.25, -0.2) is 0 Å². The summed E-state index contributed by atoms with van der Waals surface area (Å²) >= 11 is 0. The number of benzene rings is 2. The smallest absolute Gasteiger partial charge is 0.235 e. The molecule has 2 unspecified atom stereocenters. The van der Waals surface area contributed by atoms with E-state index in [1.807, 2.05) is 0 Å². The number of hydrogen-bond acceptors (Lipinski definition) is 11. The second-order valence-corrected chi connectivity index (χ2v) is 11.2. The van der Waals surface area contributed by atoms with Crippen LogP contribution >= 0.6 is 0 Å². The molecular formula is C30H32N2O10. The van der Waals surface area contributed by atoms with Crippen LogP contribution in [0.3, 0.4) is 0 Å². The van der Waals surface area contributed by atoms with Gasteiger partial charge in [0.25, 0.3) is 0 Å². The minimum atomic E-state index is -2.78. The van der Waals surface area contributed by atoms with Crippen LogP contribution in [0.15, 0.2) is 24.3 Å². The Balaban J connectivity index is 1.68. The fraction of sp³-hybridized carbons (Fsp3) is 0.433. The topological polar surface area (TPSA) is 183 Å². The average Bonchev–Trinajstić information content (AvgIpc) is 2.93. The predicted octanol–water partition coefficient (Wildman–Crippen LogP) is 0.560. The second-order valence-electron chi connectivity index (χ2n) is 11.2. The number of ether oxygens (including phenoxy) is 3. The maximum Gasteiger partial charge on any atom is 0.235 e. The summed E-state index contributed by atoms with van der Waals surface area (Å²) in [6.07, 6.45) is 0.0507. The van der Waals surface area contributed by atoms with Crippen molar-refractivity contribution < 1.29 is 48.4 Å². The van der Waals surface area contributed by atoms with Crippen LogP contribution in [-0.4, -0.2) is 91.2 Å². The summed E-state index contributed by atoms with van der Waals surface area (Å²) in [5.74, 6) is -10.0. The lowest BCUT2D eigenvalue weighted by Crippen LogP contribution is -2.74. The molecule has 12 heteroatoms. The molecule has 0 bridgehead atoms. The number of Topliss-reactive ketones (excluding diaryl/α,β-unsaturated/α-hetero) is 4. The number of aliphatic hydroxyl groups is 1. The van der Waals surface area contributed by atoms with Crippen molar-refractivity contribution in [2.75, 3.05) is 35.4 Å². The summed E-state index contributed by atoms with van der Waals surface area (Å²) in [6.45, 7) is 0. The summed E-state index contributed by atoms with van der Waals surface area (Å²) < 4.78 is 16.6. The molecule has 0 aliphatic heterocycles. The first kappa shape index (κ1) is 29.2. The van der Waals surface area contributed by atoms with Crippen molar-refractivity contribution in [2.45, 2.75) is 24.5 Å². The fourth-order valence-electron chi connectivity index (χ4n) is 7.17. The highest BCUT2D eigenvalue weighted by atomic mass is 16.5. The number of carbonyl (C=O) groups is 5. The van der Waals surface area contributed by atoms with E-state index in [-0.39, 0.29) is 24.2 Å². The monoisotopic (exact) mass is 580 g/mol. The van der Waals surface area contributed by atoms with Gasteiger partial charge in [0.15, 0.2) is 46.2 Å². The molecule has 2 saturated carbocycles. The number of phenols is 1. The van der Waals surface area contributed by atoms with Gasteiger partial charge in [-0.3, -0.25) is 28.9 Å². The Morgan fingerprint density at radius 3 is 2.17 bits per heavy atom. The largest absolute Gasteiger partial charge is 0.507 e. The van der Waals surface area contributed by atoms with Gasteiger partial charge in [0.05, 0.1) is 38.9 Å². The van der Waals surface area contributed by atoms with Crippen LogP contribution in [0.1, 0.15) is 22.3 Å². The van der Waals surface area contributed by atoms with Gasteiger partial charge < -0.3 is 30.2 Å². The van der Waals surface area contributed by atoms with Crippen molar-refractivity contribution in [3.8, 4) is 34.1 Å². The summed E-state index contributed by atoms with van der Waals surface area (Å²) in [5, 5.41) is 22.6. The lowest BCUT2D eigenvalue weighted by atomic mass is 9.52. The zero-order chi connectivity index (χ0) is 30.8. The van der Waals surface area contributed by atoms with E-state index >= 15 is 0 Å². The van der Waals surface area contributed by atoms with Crippen molar-refractivity contribution >= 4 is 29.0 Å². The Bertz CT molecular complexity index is 1550. The molecule has 6 atom stereocenters. The molecule has 42 heavy (non-hydrogen) atoms. The SMILES string of the molecule is COc1ccc(-c2ccc(O)c3c2C[C@H]2C[C@H]4[C@H](N(C)C)C(=O)C(C(N)=O)C(=O)[C@@]4(O)C(=O)C2C3=O)c(OC)c1OC. The highest BCUT2D eigenvalue weighted by Gasteiger charge is 2.69. The molecular weight excluding hydrogens is 548 g/mol. The Morgan fingerprint density at radius 2 is 1.60 bits per heavy atom. The van der Waals surface area contributed by atoms with Crippen LogP contribution < -0.4 is 19.9 Å². The second kappa shape index (κ2) is 10.2. The lowest BCUT2D eigenvalue weighted by molar-refractivity contribution is -0.181. The minimum absolute atomic E-state index is 0.0535. The first-order valence-electron chi connectivity index (χ1n) is 13.3. The average molecular weight is 581 g/mol. The number of methoxy groups -OCH3 is 3. The molecule has 3 aliphatic carbocycles. The van der Waals surface area contributed by atoms with E-state index in [1.165, 1.54) is 46.4 Å². The summed E-state index contributed by atoms with van der Waals surface area (Å²) in [6, 6.07) is 5.16. The van der Waals surface area contributed by atoms with Crippen LogP contribution in [0.25, 0.3) is 11.1 Å². The number of aromatic hydroxyl groups is 1. The molecule has 2 aromatic carbocycles. The zero-order valence-electron chi connectivity index (χ0n) is 23.8. The van der Waals surface area contributed by atoms with E-state index in [0.717, 1.165) is 0 Å². The van der Waals surface area contributed by atoms with E-state index in [9.17, 15) is 34.2 Å². The summed E-state index contributed by atoms with van der Waals surface area (Å²) in [5.41, 5.74) is 3.98. The molecule has 4 N–H and O–H groups in total. The maximum atomic E-state index is 14.0. The van der Waals surface area contributed by atoms with Crippen LogP contribution in [0.5, 0.6) is 23.0 Å². The van der Waals surface area contributed by atoms with Gasteiger partial charge in [-0.1, -0.05) is 6.07 Å². The van der Waals surface area contributed by atoms with Crippen molar-refractivity contribution in [3.05, 3.63) is 35.4 Å². The van der Waals surface area contributed by atoms with Crippen molar-refractivity contribution in [1.29, 1.82) is 0 Å². The van der Waals surface area contributed by atoms with Gasteiger partial charge in [0, 0.05) is 11.5 Å². The summed E-state index contributed by atoms with van der Waals surface area (Å²) in [7, 11) is 7.46. The normalized spacial score (nSPS) is 28.6. The van der Waals surface area contributed by atoms with E-state index in [4.69, 9.17) is 19.9 Å². The molecule has 0 heterocycles. The van der Waals surface area contributed by atoms with Gasteiger partial charge in [-0.15, -0.1) is 0 Å². The van der Waals surface area contributed by atoms with Crippen LogP contribution in [0.2, 0.25) is 0 Å². The number of fused-ring (bicyclic) bond motifs is 3. The molecule has 222 valence electrons. The number of rotatable bonds is 6. The molecule has 12 nitrogen and oxygen atoms in total. The Kier molecular flexibility index (Phi) is 7.10. The van der Waals surface area contributed by atoms with Crippen LogP contribution in [0, 0.1) is 23.7 Å². The van der Waals surface area contributed by atoms with Gasteiger partial charge in [-0.2, -0.15) is 0 Å². The lowest BCUT2D eigenvalue weighted by Gasteiger charge is -2.52. The number of primary amides is 1. The fourth-order valence-corrected chi connectivity index (χ4v) is 7.17. The molecule has 2 fully saturated rings. The Hall–Kier alpha value is -4.29. The molecule has 0 radical (unpaired) electrons. The van der Waals surface area contributed by atoms with E-state index < -0.39 is 64.4 Å². The minimum Gasteiger partial charge on any atom is -0.507 e. The third-order valence-corrected chi connectivity index (χ3v) is 8.94. The highest BCUT2D eigenvalue weighted by molar-refractivity contribution is 6.32. The van der Waals surface area contributed by atoms with Crippen LogP contribution in [-0.2, 0) is 25.6 Å². The number of hydrogen-bond donors (Lipinski definition) is 3. The number of amides is 1. The van der Waals surface area contributed by atoms with E-state index in [1.54, 1.807) is 18.2 Å². The Morgan fingerprint density at radius 1 is 0.952 bits per heavy atom. The zero-order valence-corrected chi connectivity index (χ0v) is 23.8. The highest BCUT2D eigenvalue weighted by Crippen LogP contribution is 2.53. The maximum absolute atomic E-state index is 14.0. The number of nitrogens with two attached hydrogens (primary N) is 1. The molecule has 5 rings (SSSR count). The van der Waals surface area contributed by atoms with E-state index in [2.05, 4.69) is 0 Å². The van der Waals surface area contributed by atoms with Crippen molar-refractivity contribution in [1.82, 2.24) is 4.90 Å². The van der Waals surface area contributed by atoms with E-state index in [0.29, 0.717) is 33.9 Å². The van der Waals surface area contributed by atoms with Gasteiger partial charge in [-0.05, 0) is 62.2 Å². The molecule has 0 aromatic heterocycles. The van der Waals surface area contributed by atoms with Gasteiger partial charge in [0.2, 0.25) is 11.7 Å². The first-order valence-corrected chi connectivity index (χ1v) is 13.3. The number of nitrogens with zero attached hydrogens (tertiary/aromatic N) is 1. The molecule has 1 amide bonds. The molecule has 3 aliphatic rings. The molecule has 2 aromatic rings. The third kappa shape index (κ3) is 3.85. The van der Waals surface area contributed by atoms with Crippen molar-refractivity contribution in [3.63, 3.8) is 0 Å². The number of phenolic OH excluding ortho intramolecular Hbond substituents is 1. The van der Waals surface area contributed by atoms with Crippen LogP contribution in [0.4, 0.5) is 0 Å². The molecule has 0 saturated heterocycles. The third-order valence-electron chi connectivity index (χ3n) is 8.94. The first-order chi connectivity index (χ1) is 19.8. The summed E-state index contributed by atoms with van der Waals surface area (Å²) in [4.78, 5) is 68.3. The van der Waals surface area contributed by atoms with Crippen molar-refractivity contribution in [2.24, 2.45) is 29.4 Å². The van der Waals surface area contributed by atoms with Gasteiger partial charge in [0.1, 0.15) is 5.75 Å². The standard InChI is InChI=1S/C30H32N2O10/c1-32(2)22-16-11-12-10-15-13(14-7-9-18(40-3)26(42-5)25(14)41-4)6-8-17(33)20(15)23(34)19(12)27(36)30(16,39)28(37)21(24(22)35)29(31)38/h6-9,12,16,19,21-22,33,39H,10-11H2,1-5H3,(H2,31,38)/t12-,16-,19?,21?,22-,30-/m0/s1. The van der Waals surface area contributed by atoms with Gasteiger partial charge >= 0.3 is 0 Å². The number of ketones is 4.